The molecule has 1 aromatic carbocycles. The molecule has 22 heavy (non-hydrogen) atoms. The van der Waals surface area contributed by atoms with Gasteiger partial charge in [0.2, 0.25) is 5.91 Å². The zero-order valence-electron chi connectivity index (χ0n) is 11.8. The molecule has 1 aliphatic rings. The monoisotopic (exact) mass is 317 g/mol. The number of para-hydroxylation sites is 1. The maximum absolute atomic E-state index is 11.8. The molecule has 1 saturated heterocycles. The quantitative estimate of drug-likeness (QED) is 0.841. The summed E-state index contributed by atoms with van der Waals surface area (Å²) < 4.78 is 6.44. The van der Waals surface area contributed by atoms with Crippen molar-refractivity contribution in [3.63, 3.8) is 0 Å². The second kappa shape index (κ2) is 6.15. The number of hydrogen-bond donors (Lipinski definition) is 1. The summed E-state index contributed by atoms with van der Waals surface area (Å²) in [5.41, 5.74) is 0.862. The fourth-order valence-electron chi connectivity index (χ4n) is 2.19. The molecule has 6 nitrogen and oxygen atoms in total. The molecule has 0 radical (unpaired) electrons. The Labute approximate surface area is 131 Å². The number of carbonyl (C=O) groups excluding carboxylic acids is 2. The summed E-state index contributed by atoms with van der Waals surface area (Å²) in [6.07, 6.45) is 1.27. The van der Waals surface area contributed by atoms with Crippen LogP contribution in [0.25, 0.3) is 10.2 Å². The molecule has 1 fully saturated rings. The van der Waals surface area contributed by atoms with E-state index in [1.165, 1.54) is 17.4 Å². The number of rotatable bonds is 5. The highest BCUT2D eigenvalue weighted by atomic mass is 32.1. The Balaban J connectivity index is 1.45. The Morgan fingerprint density at radius 1 is 1.45 bits per heavy atom. The molecule has 0 bridgehead atoms. The van der Waals surface area contributed by atoms with Gasteiger partial charge in [-0.2, -0.15) is 0 Å². The van der Waals surface area contributed by atoms with Gasteiger partial charge in [-0.05, 0) is 18.2 Å². The van der Waals surface area contributed by atoms with Gasteiger partial charge < -0.3 is 15.0 Å². The van der Waals surface area contributed by atoms with Crippen LogP contribution in [0, 0.1) is 0 Å². The van der Waals surface area contributed by atoms with Crippen LogP contribution in [0.5, 0.6) is 5.19 Å². The number of fused-ring (bicyclic) bond motifs is 1. The largest absolute Gasteiger partial charge is 0.460 e. The van der Waals surface area contributed by atoms with Crippen LogP contribution >= 0.6 is 11.3 Å². The third kappa shape index (κ3) is 3.09. The number of aromatic nitrogens is 1. The van der Waals surface area contributed by atoms with E-state index in [2.05, 4.69) is 16.9 Å². The minimum absolute atomic E-state index is 0.0182. The normalized spacial score (nSPS) is 14.5. The molecule has 114 valence electrons. The molecule has 7 heteroatoms. The number of ether oxygens (including phenoxy) is 1. The topological polar surface area (TPSA) is 71.5 Å². The lowest BCUT2D eigenvalue weighted by Crippen LogP contribution is -2.61. The fraction of sp³-hybridized carbons (Fsp3) is 0.267. The third-order valence-electron chi connectivity index (χ3n) is 3.33. The Kier molecular flexibility index (Phi) is 4.06. The Morgan fingerprint density at radius 2 is 2.23 bits per heavy atom. The number of carbonyl (C=O) groups is 2. The zero-order chi connectivity index (χ0) is 15.5. The van der Waals surface area contributed by atoms with Crippen LogP contribution in [0.15, 0.2) is 36.9 Å². The predicted molar refractivity (Wildman–Crippen MR) is 83.8 cm³/mol. The first-order chi connectivity index (χ1) is 10.7. The van der Waals surface area contributed by atoms with E-state index in [0.717, 1.165) is 10.2 Å². The van der Waals surface area contributed by atoms with Crippen LogP contribution < -0.4 is 10.1 Å². The van der Waals surface area contributed by atoms with E-state index in [9.17, 15) is 9.59 Å². The highest BCUT2D eigenvalue weighted by Crippen LogP contribution is 2.27. The minimum Gasteiger partial charge on any atom is -0.460 e. The van der Waals surface area contributed by atoms with Gasteiger partial charge in [-0.15, -0.1) is 0 Å². The van der Waals surface area contributed by atoms with Crippen molar-refractivity contribution in [3.05, 3.63) is 36.9 Å². The second-order valence-corrected chi connectivity index (χ2v) is 5.94. The summed E-state index contributed by atoms with van der Waals surface area (Å²) >= 11 is 1.41. The number of nitrogens with zero attached hydrogens (tertiary/aromatic N) is 2. The summed E-state index contributed by atoms with van der Waals surface area (Å²) in [4.78, 5) is 29.0. The zero-order valence-corrected chi connectivity index (χ0v) is 12.6. The van der Waals surface area contributed by atoms with Crippen LogP contribution in [0.2, 0.25) is 0 Å². The van der Waals surface area contributed by atoms with Crippen molar-refractivity contribution < 1.29 is 14.3 Å². The first kappa shape index (κ1) is 14.5. The van der Waals surface area contributed by atoms with Gasteiger partial charge in [0.1, 0.15) is 0 Å². The average Bonchev–Trinajstić information content (AvgIpc) is 2.90. The van der Waals surface area contributed by atoms with Crippen molar-refractivity contribution in [3.8, 4) is 5.19 Å². The first-order valence-electron chi connectivity index (χ1n) is 6.85. The third-order valence-corrected chi connectivity index (χ3v) is 4.28. The fourth-order valence-corrected chi connectivity index (χ4v) is 3.00. The van der Waals surface area contributed by atoms with Crippen molar-refractivity contribution in [2.45, 2.75) is 6.04 Å². The lowest BCUT2D eigenvalue weighted by Gasteiger charge is -2.38. The summed E-state index contributed by atoms with van der Waals surface area (Å²) in [5, 5.41) is 3.29. The molecule has 1 aromatic heterocycles. The maximum atomic E-state index is 11.8. The number of amides is 2. The summed E-state index contributed by atoms with van der Waals surface area (Å²) in [7, 11) is 0. The van der Waals surface area contributed by atoms with Gasteiger partial charge >= 0.3 is 0 Å². The molecule has 0 saturated carbocycles. The van der Waals surface area contributed by atoms with Crippen molar-refractivity contribution in [1.29, 1.82) is 0 Å². The molecule has 0 unspecified atom stereocenters. The predicted octanol–water partition coefficient (Wildman–Crippen LogP) is 1.19. The van der Waals surface area contributed by atoms with Gasteiger partial charge in [0, 0.05) is 13.1 Å². The molecular formula is C15H15N3O3S. The molecule has 0 aliphatic carbocycles. The number of nitrogens with one attached hydrogen (secondary N) is 1. The van der Waals surface area contributed by atoms with E-state index in [1.807, 2.05) is 24.3 Å². The molecule has 0 atom stereocenters. The summed E-state index contributed by atoms with van der Waals surface area (Å²) in [5.74, 6) is -0.328. The van der Waals surface area contributed by atoms with Crippen LogP contribution in [0.4, 0.5) is 0 Å². The van der Waals surface area contributed by atoms with Crippen LogP contribution in [0.3, 0.4) is 0 Å². The number of likely N-dealkylation sites (tertiary alicyclic amines) is 1. The molecule has 2 heterocycles. The lowest BCUT2D eigenvalue weighted by atomic mass is 10.1. The summed E-state index contributed by atoms with van der Waals surface area (Å²) in [6.45, 7) is 4.37. The van der Waals surface area contributed by atoms with Gasteiger partial charge in [-0.25, -0.2) is 4.98 Å². The Hall–Kier alpha value is -2.41. The van der Waals surface area contributed by atoms with E-state index < -0.39 is 0 Å². The number of benzene rings is 1. The van der Waals surface area contributed by atoms with Crippen LogP contribution in [-0.4, -0.2) is 47.4 Å². The summed E-state index contributed by atoms with van der Waals surface area (Å²) in [6, 6.07) is 7.68. The first-order valence-corrected chi connectivity index (χ1v) is 7.66. The standard InChI is InChI=1S/C15H15N3O3S/c1-2-14(20)18-7-10(8-18)16-13(19)9-21-15-17-11-5-3-4-6-12(11)22-15/h2-6,10H,1,7-9H2,(H,16,19). The molecule has 3 rings (SSSR count). The van der Waals surface area contributed by atoms with Gasteiger partial charge in [0.15, 0.2) is 6.61 Å². The Morgan fingerprint density at radius 3 is 2.95 bits per heavy atom. The Bertz CT molecular complexity index is 689. The molecule has 2 aromatic rings. The SMILES string of the molecule is C=CC(=O)N1CC(NC(=O)COc2nc3ccccc3s2)C1. The van der Waals surface area contributed by atoms with Gasteiger partial charge in [0.25, 0.3) is 11.1 Å². The van der Waals surface area contributed by atoms with E-state index >= 15 is 0 Å². The molecule has 1 aliphatic heterocycles. The van der Waals surface area contributed by atoms with E-state index in [0.29, 0.717) is 18.3 Å². The number of thiazole rings is 1. The lowest BCUT2D eigenvalue weighted by molar-refractivity contribution is -0.134. The van der Waals surface area contributed by atoms with E-state index in [-0.39, 0.29) is 24.5 Å². The van der Waals surface area contributed by atoms with Crippen LogP contribution in [0.1, 0.15) is 0 Å². The smallest absolute Gasteiger partial charge is 0.274 e. The van der Waals surface area contributed by atoms with Crippen molar-refractivity contribution in [2.75, 3.05) is 19.7 Å². The van der Waals surface area contributed by atoms with Crippen molar-refractivity contribution in [2.24, 2.45) is 0 Å². The van der Waals surface area contributed by atoms with Gasteiger partial charge in [0.05, 0.1) is 16.3 Å². The van der Waals surface area contributed by atoms with Crippen molar-refractivity contribution in [1.82, 2.24) is 15.2 Å². The second-order valence-electron chi connectivity index (χ2n) is 4.95. The highest BCUT2D eigenvalue weighted by Gasteiger charge is 2.30. The van der Waals surface area contributed by atoms with Crippen molar-refractivity contribution >= 4 is 33.4 Å². The van der Waals surface area contributed by atoms with Gasteiger partial charge in [-0.1, -0.05) is 30.0 Å². The van der Waals surface area contributed by atoms with E-state index in [1.54, 1.807) is 4.90 Å². The molecule has 0 spiro atoms. The van der Waals surface area contributed by atoms with Gasteiger partial charge in [-0.3, -0.25) is 9.59 Å². The van der Waals surface area contributed by atoms with E-state index in [4.69, 9.17) is 4.74 Å². The maximum Gasteiger partial charge on any atom is 0.274 e. The molecular weight excluding hydrogens is 302 g/mol. The van der Waals surface area contributed by atoms with Crippen LogP contribution in [-0.2, 0) is 9.59 Å². The number of hydrogen-bond acceptors (Lipinski definition) is 5. The molecule has 2 amide bonds. The molecule has 1 N–H and O–H groups in total. The average molecular weight is 317 g/mol. The minimum atomic E-state index is -0.213. The highest BCUT2D eigenvalue weighted by molar-refractivity contribution is 7.20.